The molecule has 0 saturated heterocycles. The van der Waals surface area contributed by atoms with Crippen molar-refractivity contribution in [2.75, 3.05) is 0 Å². The highest BCUT2D eigenvalue weighted by atomic mass is 32.2. The summed E-state index contributed by atoms with van der Waals surface area (Å²) < 4.78 is 0. The molecule has 0 atom stereocenters. The standard InChI is InChI=1S/C4H3N3O2S/c8-2-10-4(9)3-1-5-7-6-3/h1-2H,(H,5,6,7). The summed E-state index contributed by atoms with van der Waals surface area (Å²) in [4.78, 5) is 20.5. The quantitative estimate of drug-likeness (QED) is 0.605. The molecule has 0 saturated carbocycles. The van der Waals surface area contributed by atoms with Crippen LogP contribution in [0.1, 0.15) is 10.5 Å². The van der Waals surface area contributed by atoms with Crippen LogP contribution in [-0.2, 0) is 4.79 Å². The van der Waals surface area contributed by atoms with Gasteiger partial charge < -0.3 is 0 Å². The molecule has 6 heteroatoms. The van der Waals surface area contributed by atoms with Crippen LogP contribution in [0, 0.1) is 0 Å². The largest absolute Gasteiger partial charge is 0.290 e. The predicted octanol–water partition coefficient (Wildman–Crippen LogP) is -0.132. The number of nitrogens with one attached hydrogen (secondary N) is 1. The van der Waals surface area contributed by atoms with Gasteiger partial charge in [0.2, 0.25) is 5.12 Å². The van der Waals surface area contributed by atoms with Gasteiger partial charge in [-0.25, -0.2) is 0 Å². The molecular formula is C4H3N3O2S. The van der Waals surface area contributed by atoms with Gasteiger partial charge >= 0.3 is 0 Å². The first-order valence-electron chi connectivity index (χ1n) is 2.35. The average molecular weight is 157 g/mol. The number of carbonyl (C=O) groups is 2. The monoisotopic (exact) mass is 157 g/mol. The lowest BCUT2D eigenvalue weighted by Gasteiger charge is -1.82. The molecule has 0 fully saturated rings. The van der Waals surface area contributed by atoms with Crippen molar-refractivity contribution >= 4 is 22.5 Å². The summed E-state index contributed by atoms with van der Waals surface area (Å²) in [6, 6.07) is 0. The maximum atomic E-state index is 10.7. The second kappa shape index (κ2) is 3.11. The van der Waals surface area contributed by atoms with Crippen LogP contribution in [0.15, 0.2) is 6.20 Å². The molecule has 0 aliphatic heterocycles. The predicted molar refractivity (Wildman–Crippen MR) is 35.1 cm³/mol. The molecule has 1 N–H and O–H groups in total. The lowest BCUT2D eigenvalue weighted by molar-refractivity contribution is 0.108. The molecule has 0 unspecified atom stereocenters. The van der Waals surface area contributed by atoms with Gasteiger partial charge in [-0.05, 0) is 11.8 Å². The van der Waals surface area contributed by atoms with Crippen LogP contribution in [0.3, 0.4) is 0 Å². The number of carbonyl (C=O) groups excluding carboxylic acids is 2. The summed E-state index contributed by atoms with van der Waals surface area (Å²) in [7, 11) is 0. The maximum Gasteiger partial charge on any atom is 0.248 e. The van der Waals surface area contributed by atoms with Crippen LogP contribution >= 0.6 is 11.8 Å². The summed E-state index contributed by atoms with van der Waals surface area (Å²) in [6.45, 7) is 0. The normalized spacial score (nSPS) is 9.20. The zero-order chi connectivity index (χ0) is 7.40. The zero-order valence-electron chi connectivity index (χ0n) is 4.77. The fourth-order valence-electron chi connectivity index (χ4n) is 0.405. The van der Waals surface area contributed by atoms with Crippen LogP contribution in [-0.4, -0.2) is 26.1 Å². The highest BCUT2D eigenvalue weighted by Gasteiger charge is 2.07. The number of aromatic nitrogens is 3. The molecule has 0 bridgehead atoms. The van der Waals surface area contributed by atoms with Gasteiger partial charge in [0.25, 0.3) is 0 Å². The fourth-order valence-corrected chi connectivity index (χ4v) is 0.713. The SMILES string of the molecule is O=CSC(=O)c1c[nH]nn1. The van der Waals surface area contributed by atoms with Gasteiger partial charge in [-0.3, -0.25) is 14.7 Å². The molecule has 1 aromatic heterocycles. The number of thioether (sulfide) groups is 1. The van der Waals surface area contributed by atoms with Crippen molar-refractivity contribution in [3.05, 3.63) is 11.9 Å². The molecule has 52 valence electrons. The third-order valence-electron chi connectivity index (χ3n) is 0.781. The Balaban J connectivity index is 2.68. The van der Waals surface area contributed by atoms with E-state index in [1.807, 2.05) is 0 Å². The van der Waals surface area contributed by atoms with E-state index >= 15 is 0 Å². The van der Waals surface area contributed by atoms with E-state index in [0.29, 0.717) is 17.4 Å². The van der Waals surface area contributed by atoms with Crippen LogP contribution in [0.2, 0.25) is 0 Å². The maximum absolute atomic E-state index is 10.7. The van der Waals surface area contributed by atoms with Gasteiger partial charge in [-0.2, -0.15) is 0 Å². The van der Waals surface area contributed by atoms with Crippen molar-refractivity contribution in [1.82, 2.24) is 15.4 Å². The number of rotatable bonds is 2. The van der Waals surface area contributed by atoms with Gasteiger partial charge in [0, 0.05) is 0 Å². The van der Waals surface area contributed by atoms with Gasteiger partial charge in [-0.1, -0.05) is 5.21 Å². The van der Waals surface area contributed by atoms with Crippen LogP contribution < -0.4 is 0 Å². The molecule has 10 heavy (non-hydrogen) atoms. The number of hydrogen-bond acceptors (Lipinski definition) is 5. The molecule has 0 amide bonds. The summed E-state index contributed by atoms with van der Waals surface area (Å²) in [5.41, 5.74) is 0.619. The molecule has 0 radical (unpaired) electrons. The first-order chi connectivity index (χ1) is 4.84. The Labute approximate surface area is 60.2 Å². The fraction of sp³-hybridized carbons (Fsp3) is 0. The molecule has 1 aromatic rings. The minimum Gasteiger partial charge on any atom is -0.290 e. The third-order valence-corrected chi connectivity index (χ3v) is 1.30. The van der Waals surface area contributed by atoms with E-state index in [4.69, 9.17) is 0 Å². The average Bonchev–Trinajstić information content (AvgIpc) is 2.38. The number of hydrogen-bond donors (Lipinski definition) is 1. The lowest BCUT2D eigenvalue weighted by atomic mass is 10.5. The smallest absolute Gasteiger partial charge is 0.248 e. The Kier molecular flexibility index (Phi) is 2.16. The van der Waals surface area contributed by atoms with Gasteiger partial charge in [0.1, 0.15) is 0 Å². The molecule has 0 aliphatic rings. The minimum absolute atomic E-state index is 0.164. The highest BCUT2D eigenvalue weighted by molar-refractivity contribution is 8.25. The van der Waals surface area contributed by atoms with Crippen LogP contribution in [0.25, 0.3) is 0 Å². The second-order valence-electron chi connectivity index (χ2n) is 1.36. The highest BCUT2D eigenvalue weighted by Crippen LogP contribution is 2.03. The number of aromatic amines is 1. The van der Waals surface area contributed by atoms with E-state index in [2.05, 4.69) is 15.4 Å². The van der Waals surface area contributed by atoms with Gasteiger partial charge in [0.05, 0.1) is 6.20 Å². The van der Waals surface area contributed by atoms with E-state index in [1.54, 1.807) is 0 Å². The second-order valence-corrected chi connectivity index (χ2v) is 2.16. The molecule has 0 aliphatic carbocycles. The van der Waals surface area contributed by atoms with E-state index in [-0.39, 0.29) is 5.69 Å². The van der Waals surface area contributed by atoms with E-state index < -0.39 is 5.12 Å². The molecular weight excluding hydrogens is 154 g/mol. The Morgan fingerprint density at radius 1 is 1.80 bits per heavy atom. The molecule has 5 nitrogen and oxygen atoms in total. The summed E-state index contributed by atoms with van der Waals surface area (Å²) in [5.74, 6) is 0. The first-order valence-corrected chi connectivity index (χ1v) is 3.23. The summed E-state index contributed by atoms with van der Waals surface area (Å²) >= 11 is 0.547. The Morgan fingerprint density at radius 3 is 3.10 bits per heavy atom. The molecule has 1 rings (SSSR count). The summed E-state index contributed by atoms with van der Waals surface area (Å²) in [6.07, 6.45) is 1.33. The van der Waals surface area contributed by atoms with Crippen molar-refractivity contribution in [2.45, 2.75) is 0 Å². The molecule has 0 aromatic carbocycles. The van der Waals surface area contributed by atoms with Crippen LogP contribution in [0.5, 0.6) is 0 Å². The third kappa shape index (κ3) is 1.41. The zero-order valence-corrected chi connectivity index (χ0v) is 5.59. The van der Waals surface area contributed by atoms with Crippen molar-refractivity contribution < 1.29 is 9.59 Å². The first kappa shape index (κ1) is 6.94. The van der Waals surface area contributed by atoms with E-state index in [0.717, 1.165) is 0 Å². The topological polar surface area (TPSA) is 75.7 Å². The van der Waals surface area contributed by atoms with Gasteiger partial charge in [0.15, 0.2) is 11.3 Å². The van der Waals surface area contributed by atoms with Crippen molar-refractivity contribution in [2.24, 2.45) is 0 Å². The Hall–Kier alpha value is -1.17. The van der Waals surface area contributed by atoms with Crippen molar-refractivity contribution in [3.63, 3.8) is 0 Å². The van der Waals surface area contributed by atoms with Crippen LogP contribution in [0.4, 0.5) is 0 Å². The van der Waals surface area contributed by atoms with Gasteiger partial charge in [-0.15, -0.1) is 5.10 Å². The lowest BCUT2D eigenvalue weighted by Crippen LogP contribution is -1.92. The Bertz CT molecular complexity index is 233. The van der Waals surface area contributed by atoms with Crippen molar-refractivity contribution in [1.29, 1.82) is 0 Å². The molecule has 1 heterocycles. The number of H-pyrrole nitrogens is 1. The molecule has 0 spiro atoms. The van der Waals surface area contributed by atoms with Crippen molar-refractivity contribution in [3.8, 4) is 0 Å². The van der Waals surface area contributed by atoms with E-state index in [9.17, 15) is 9.59 Å². The minimum atomic E-state index is -0.399. The Morgan fingerprint density at radius 2 is 2.60 bits per heavy atom. The summed E-state index contributed by atoms with van der Waals surface area (Å²) in [5, 5.41) is 8.66. The van der Waals surface area contributed by atoms with E-state index in [1.165, 1.54) is 6.20 Å². The number of nitrogens with zero attached hydrogens (tertiary/aromatic N) is 2.